The molecule has 1 N–H and O–H groups in total. The SMILES string of the molecule is O=C(/C=C/c1cccc(F)c1)NC[C@@H]1COc2ccccc2O1. The second kappa shape index (κ2) is 6.96. The molecule has 2 aromatic rings. The lowest BCUT2D eigenvalue weighted by Crippen LogP contribution is -2.40. The van der Waals surface area contributed by atoms with Crippen molar-refractivity contribution in [2.24, 2.45) is 0 Å². The maximum Gasteiger partial charge on any atom is 0.244 e. The number of fused-ring (bicyclic) bond motifs is 1. The molecule has 5 heteroatoms. The van der Waals surface area contributed by atoms with Crippen LogP contribution in [-0.4, -0.2) is 25.2 Å². The van der Waals surface area contributed by atoms with Gasteiger partial charge in [-0.2, -0.15) is 0 Å². The molecular weight excluding hydrogens is 297 g/mol. The van der Waals surface area contributed by atoms with E-state index in [9.17, 15) is 9.18 Å². The summed E-state index contributed by atoms with van der Waals surface area (Å²) in [5, 5.41) is 2.74. The molecule has 0 spiro atoms. The number of para-hydroxylation sites is 2. The zero-order chi connectivity index (χ0) is 16.1. The van der Waals surface area contributed by atoms with Crippen molar-refractivity contribution in [2.45, 2.75) is 6.10 Å². The van der Waals surface area contributed by atoms with Gasteiger partial charge in [0.15, 0.2) is 11.5 Å². The van der Waals surface area contributed by atoms with Crippen molar-refractivity contribution in [3.05, 3.63) is 66.0 Å². The van der Waals surface area contributed by atoms with Crippen molar-refractivity contribution >= 4 is 12.0 Å². The Hall–Kier alpha value is -2.82. The lowest BCUT2D eigenvalue weighted by molar-refractivity contribution is -0.116. The zero-order valence-electron chi connectivity index (χ0n) is 12.4. The zero-order valence-corrected chi connectivity index (χ0v) is 12.4. The Balaban J connectivity index is 1.50. The van der Waals surface area contributed by atoms with Gasteiger partial charge in [0.1, 0.15) is 18.5 Å². The summed E-state index contributed by atoms with van der Waals surface area (Å²) in [5.74, 6) is 0.782. The molecule has 0 radical (unpaired) electrons. The van der Waals surface area contributed by atoms with E-state index in [1.54, 1.807) is 18.2 Å². The van der Waals surface area contributed by atoms with Gasteiger partial charge < -0.3 is 14.8 Å². The van der Waals surface area contributed by atoms with E-state index < -0.39 is 0 Å². The molecule has 0 saturated heterocycles. The molecule has 0 saturated carbocycles. The van der Waals surface area contributed by atoms with E-state index in [0.29, 0.717) is 30.2 Å². The molecule has 3 rings (SSSR count). The molecule has 0 aromatic heterocycles. The molecule has 1 aliphatic rings. The van der Waals surface area contributed by atoms with Crippen LogP contribution in [0.4, 0.5) is 4.39 Å². The quantitative estimate of drug-likeness (QED) is 0.883. The van der Waals surface area contributed by atoms with Crippen LogP contribution in [0.1, 0.15) is 5.56 Å². The Labute approximate surface area is 133 Å². The van der Waals surface area contributed by atoms with E-state index in [-0.39, 0.29) is 17.8 Å². The predicted octanol–water partition coefficient (Wildman–Crippen LogP) is 2.80. The van der Waals surface area contributed by atoms with Crippen LogP contribution in [0.5, 0.6) is 11.5 Å². The highest BCUT2D eigenvalue weighted by Gasteiger charge is 2.20. The Bertz CT molecular complexity index is 730. The number of amides is 1. The fraction of sp³-hybridized carbons (Fsp3) is 0.167. The van der Waals surface area contributed by atoms with Gasteiger partial charge in [0.2, 0.25) is 5.91 Å². The number of ether oxygens (including phenoxy) is 2. The predicted molar refractivity (Wildman–Crippen MR) is 84.8 cm³/mol. The summed E-state index contributed by atoms with van der Waals surface area (Å²) in [6, 6.07) is 13.4. The fourth-order valence-electron chi connectivity index (χ4n) is 2.22. The minimum atomic E-state index is -0.334. The van der Waals surface area contributed by atoms with Gasteiger partial charge in [-0.15, -0.1) is 0 Å². The number of nitrogens with one attached hydrogen (secondary N) is 1. The van der Waals surface area contributed by atoms with Crippen molar-refractivity contribution in [1.29, 1.82) is 0 Å². The number of carbonyl (C=O) groups excluding carboxylic acids is 1. The monoisotopic (exact) mass is 313 g/mol. The first-order valence-corrected chi connectivity index (χ1v) is 7.31. The van der Waals surface area contributed by atoms with E-state index in [0.717, 1.165) is 0 Å². The summed E-state index contributed by atoms with van der Waals surface area (Å²) in [4.78, 5) is 11.8. The van der Waals surface area contributed by atoms with Crippen LogP contribution in [0.25, 0.3) is 6.08 Å². The van der Waals surface area contributed by atoms with Gasteiger partial charge in [0, 0.05) is 6.08 Å². The number of halogens is 1. The highest BCUT2D eigenvalue weighted by atomic mass is 19.1. The maximum absolute atomic E-state index is 13.0. The molecule has 0 bridgehead atoms. The fourth-order valence-corrected chi connectivity index (χ4v) is 2.22. The summed E-state index contributed by atoms with van der Waals surface area (Å²) in [6.07, 6.45) is 2.69. The van der Waals surface area contributed by atoms with Crippen LogP contribution >= 0.6 is 0 Å². The van der Waals surface area contributed by atoms with E-state index in [2.05, 4.69) is 5.32 Å². The smallest absolute Gasteiger partial charge is 0.244 e. The van der Waals surface area contributed by atoms with E-state index in [1.807, 2.05) is 24.3 Å². The number of benzene rings is 2. The van der Waals surface area contributed by atoms with Crippen molar-refractivity contribution in [1.82, 2.24) is 5.32 Å². The molecule has 1 amide bonds. The lowest BCUT2D eigenvalue weighted by Gasteiger charge is -2.26. The Morgan fingerprint density at radius 2 is 2.04 bits per heavy atom. The standard InChI is InChI=1S/C18H16FNO3/c19-14-5-3-4-13(10-14)8-9-18(21)20-11-15-12-22-16-6-1-2-7-17(16)23-15/h1-10,15H,11-12H2,(H,20,21)/b9-8+/t15-/m1/s1. The first kappa shape index (κ1) is 15.1. The van der Waals surface area contributed by atoms with Crippen molar-refractivity contribution in [2.75, 3.05) is 13.2 Å². The minimum Gasteiger partial charge on any atom is -0.486 e. The average molecular weight is 313 g/mol. The molecular formula is C18H16FNO3. The van der Waals surface area contributed by atoms with Gasteiger partial charge in [-0.05, 0) is 35.9 Å². The van der Waals surface area contributed by atoms with Gasteiger partial charge in [-0.3, -0.25) is 4.79 Å². The normalized spacial score (nSPS) is 16.3. The van der Waals surface area contributed by atoms with Gasteiger partial charge in [-0.1, -0.05) is 24.3 Å². The van der Waals surface area contributed by atoms with Crippen LogP contribution in [0.2, 0.25) is 0 Å². The topological polar surface area (TPSA) is 47.6 Å². The first-order chi connectivity index (χ1) is 11.2. The van der Waals surface area contributed by atoms with Crippen LogP contribution in [0.15, 0.2) is 54.6 Å². The molecule has 23 heavy (non-hydrogen) atoms. The molecule has 0 fully saturated rings. The second-order valence-corrected chi connectivity index (χ2v) is 5.13. The molecule has 2 aromatic carbocycles. The average Bonchev–Trinajstić information content (AvgIpc) is 2.58. The first-order valence-electron chi connectivity index (χ1n) is 7.31. The molecule has 1 aliphatic heterocycles. The summed E-state index contributed by atoms with van der Waals surface area (Å²) >= 11 is 0. The van der Waals surface area contributed by atoms with Crippen molar-refractivity contribution in [3.63, 3.8) is 0 Å². The van der Waals surface area contributed by atoms with Crippen molar-refractivity contribution < 1.29 is 18.7 Å². The number of rotatable bonds is 4. The summed E-state index contributed by atoms with van der Waals surface area (Å²) in [6.45, 7) is 0.714. The molecule has 0 aliphatic carbocycles. The largest absolute Gasteiger partial charge is 0.486 e. The number of carbonyl (C=O) groups is 1. The Kier molecular flexibility index (Phi) is 4.57. The van der Waals surface area contributed by atoms with E-state index >= 15 is 0 Å². The highest BCUT2D eigenvalue weighted by Crippen LogP contribution is 2.30. The summed E-state index contributed by atoms with van der Waals surface area (Å²) in [7, 11) is 0. The maximum atomic E-state index is 13.0. The third-order valence-electron chi connectivity index (χ3n) is 3.35. The highest BCUT2D eigenvalue weighted by molar-refractivity contribution is 5.91. The molecule has 0 unspecified atom stereocenters. The number of hydrogen-bond acceptors (Lipinski definition) is 3. The molecule has 1 heterocycles. The molecule has 4 nitrogen and oxygen atoms in total. The van der Waals surface area contributed by atoms with Crippen LogP contribution in [-0.2, 0) is 4.79 Å². The molecule has 1 atom stereocenters. The van der Waals surface area contributed by atoms with Crippen LogP contribution < -0.4 is 14.8 Å². The van der Waals surface area contributed by atoms with Gasteiger partial charge in [0.05, 0.1) is 6.54 Å². The second-order valence-electron chi connectivity index (χ2n) is 5.13. The Morgan fingerprint density at radius 1 is 1.22 bits per heavy atom. The van der Waals surface area contributed by atoms with E-state index in [1.165, 1.54) is 18.2 Å². The number of hydrogen-bond donors (Lipinski definition) is 1. The third-order valence-corrected chi connectivity index (χ3v) is 3.35. The van der Waals surface area contributed by atoms with Gasteiger partial charge in [-0.25, -0.2) is 4.39 Å². The van der Waals surface area contributed by atoms with Crippen LogP contribution in [0.3, 0.4) is 0 Å². The lowest BCUT2D eigenvalue weighted by atomic mass is 10.2. The van der Waals surface area contributed by atoms with E-state index in [4.69, 9.17) is 9.47 Å². The Morgan fingerprint density at radius 3 is 2.87 bits per heavy atom. The van der Waals surface area contributed by atoms with Gasteiger partial charge >= 0.3 is 0 Å². The molecule has 118 valence electrons. The van der Waals surface area contributed by atoms with Crippen LogP contribution in [0, 0.1) is 5.82 Å². The van der Waals surface area contributed by atoms with Crippen molar-refractivity contribution in [3.8, 4) is 11.5 Å². The third kappa shape index (κ3) is 4.10. The summed E-state index contributed by atoms with van der Waals surface area (Å²) in [5.41, 5.74) is 0.631. The minimum absolute atomic E-state index is 0.239. The summed E-state index contributed by atoms with van der Waals surface area (Å²) < 4.78 is 24.4. The van der Waals surface area contributed by atoms with Gasteiger partial charge in [0.25, 0.3) is 0 Å².